The van der Waals surface area contributed by atoms with E-state index in [1.807, 2.05) is 53.4 Å². The van der Waals surface area contributed by atoms with E-state index in [9.17, 15) is 9.59 Å². The van der Waals surface area contributed by atoms with Gasteiger partial charge in [0, 0.05) is 49.3 Å². The maximum atomic E-state index is 13.0. The van der Waals surface area contributed by atoms with Gasteiger partial charge in [-0.25, -0.2) is 0 Å². The van der Waals surface area contributed by atoms with E-state index in [0.29, 0.717) is 43.8 Å². The molecule has 0 saturated carbocycles. The summed E-state index contributed by atoms with van der Waals surface area (Å²) in [6.07, 6.45) is 4.76. The molecule has 2 aromatic rings. The summed E-state index contributed by atoms with van der Waals surface area (Å²) < 4.78 is 11.3. The zero-order valence-corrected chi connectivity index (χ0v) is 19.8. The first-order valence-electron chi connectivity index (χ1n) is 11.6. The Morgan fingerprint density at radius 3 is 2.36 bits per heavy atom. The van der Waals surface area contributed by atoms with Gasteiger partial charge in [0.15, 0.2) is 0 Å². The number of nitrogens with zero attached hydrogens (tertiary/aromatic N) is 1. The average molecular weight is 471 g/mol. The van der Waals surface area contributed by atoms with Crippen molar-refractivity contribution in [1.82, 2.24) is 10.2 Å². The molecule has 2 aliphatic rings. The van der Waals surface area contributed by atoms with Gasteiger partial charge in [0.2, 0.25) is 11.8 Å². The smallest absolute Gasteiger partial charge is 0.222 e. The molecular weight excluding hydrogens is 440 g/mol. The topological polar surface area (TPSA) is 67.9 Å². The highest BCUT2D eigenvalue weighted by atomic mass is 35.5. The van der Waals surface area contributed by atoms with Gasteiger partial charge in [0.25, 0.3) is 0 Å². The van der Waals surface area contributed by atoms with Gasteiger partial charge >= 0.3 is 0 Å². The molecule has 0 aromatic heterocycles. The number of methoxy groups -OCH3 is 1. The van der Waals surface area contributed by atoms with E-state index in [1.54, 1.807) is 7.11 Å². The number of carbonyl (C=O) groups excluding carboxylic acids is 2. The maximum absolute atomic E-state index is 13.0. The van der Waals surface area contributed by atoms with Crippen molar-refractivity contribution in [3.05, 3.63) is 59.1 Å². The zero-order valence-electron chi connectivity index (χ0n) is 19.0. The van der Waals surface area contributed by atoms with Crippen molar-refractivity contribution >= 4 is 23.4 Å². The van der Waals surface area contributed by atoms with Crippen LogP contribution in [-0.4, -0.2) is 48.6 Å². The first kappa shape index (κ1) is 23.4. The third kappa shape index (κ3) is 6.20. The second-order valence-electron chi connectivity index (χ2n) is 9.01. The molecule has 2 saturated heterocycles. The van der Waals surface area contributed by atoms with Gasteiger partial charge in [-0.1, -0.05) is 23.7 Å². The number of likely N-dealkylation sites (tertiary alicyclic amines) is 1. The fraction of sp³-hybridized carbons (Fsp3) is 0.462. The fourth-order valence-electron chi connectivity index (χ4n) is 4.75. The molecule has 1 N–H and O–H groups in total. The number of hydrogen-bond donors (Lipinski definition) is 1. The van der Waals surface area contributed by atoms with Crippen LogP contribution in [0.2, 0.25) is 5.02 Å². The van der Waals surface area contributed by atoms with E-state index in [0.717, 1.165) is 36.3 Å². The van der Waals surface area contributed by atoms with Crippen molar-refractivity contribution in [2.24, 2.45) is 0 Å². The number of hydrogen-bond acceptors (Lipinski definition) is 4. The van der Waals surface area contributed by atoms with Crippen molar-refractivity contribution in [3.8, 4) is 11.5 Å². The molecule has 7 heteroatoms. The molecule has 2 fully saturated rings. The van der Waals surface area contributed by atoms with Crippen LogP contribution in [0.1, 0.15) is 44.1 Å². The van der Waals surface area contributed by atoms with Gasteiger partial charge in [-0.2, -0.15) is 0 Å². The summed E-state index contributed by atoms with van der Waals surface area (Å²) in [4.78, 5) is 26.9. The van der Waals surface area contributed by atoms with Gasteiger partial charge in [0.05, 0.1) is 7.11 Å². The van der Waals surface area contributed by atoms with E-state index in [-0.39, 0.29) is 23.5 Å². The van der Waals surface area contributed by atoms with Crippen LogP contribution in [0.15, 0.2) is 48.5 Å². The minimum atomic E-state index is -0.365. The highest BCUT2D eigenvalue weighted by Crippen LogP contribution is 2.31. The second kappa shape index (κ2) is 10.5. The Morgan fingerprint density at radius 2 is 1.76 bits per heavy atom. The van der Waals surface area contributed by atoms with Crippen LogP contribution in [0.5, 0.6) is 11.5 Å². The molecule has 6 nitrogen and oxygen atoms in total. The molecule has 0 radical (unpaired) electrons. The zero-order chi connectivity index (χ0) is 23.3. The SMILES string of the molecule is COc1ccc(OC2CCN(C(=O)CCC3(Cc4ccc(Cl)cc4)CCC(=O)N3)CC2)cc1. The molecule has 176 valence electrons. The first-order valence-corrected chi connectivity index (χ1v) is 12.0. The van der Waals surface area contributed by atoms with Crippen LogP contribution in [0.25, 0.3) is 0 Å². The van der Waals surface area contributed by atoms with Crippen LogP contribution in [0.4, 0.5) is 0 Å². The maximum Gasteiger partial charge on any atom is 0.222 e. The van der Waals surface area contributed by atoms with E-state index >= 15 is 0 Å². The van der Waals surface area contributed by atoms with Gasteiger partial charge in [-0.15, -0.1) is 0 Å². The number of amides is 2. The highest BCUT2D eigenvalue weighted by molar-refractivity contribution is 6.30. The molecule has 1 unspecified atom stereocenters. The lowest BCUT2D eigenvalue weighted by molar-refractivity contribution is -0.133. The van der Waals surface area contributed by atoms with E-state index in [2.05, 4.69) is 5.32 Å². The van der Waals surface area contributed by atoms with Crippen molar-refractivity contribution in [2.45, 2.75) is 56.6 Å². The highest BCUT2D eigenvalue weighted by Gasteiger charge is 2.38. The van der Waals surface area contributed by atoms with Gasteiger partial charge in [-0.05, 0) is 61.2 Å². The number of piperidine rings is 1. The molecule has 4 rings (SSSR count). The number of carbonyl (C=O) groups is 2. The monoisotopic (exact) mass is 470 g/mol. The van der Waals surface area contributed by atoms with Crippen LogP contribution in [0.3, 0.4) is 0 Å². The Hall–Kier alpha value is -2.73. The quantitative estimate of drug-likeness (QED) is 0.621. The molecule has 0 aliphatic carbocycles. The van der Waals surface area contributed by atoms with Crippen LogP contribution in [0, 0.1) is 0 Å². The fourth-order valence-corrected chi connectivity index (χ4v) is 4.88. The van der Waals surface area contributed by atoms with E-state index in [4.69, 9.17) is 21.1 Å². The molecule has 2 amide bonds. The van der Waals surface area contributed by atoms with Crippen molar-refractivity contribution in [2.75, 3.05) is 20.2 Å². The van der Waals surface area contributed by atoms with Crippen LogP contribution in [-0.2, 0) is 16.0 Å². The molecule has 33 heavy (non-hydrogen) atoms. The van der Waals surface area contributed by atoms with Crippen molar-refractivity contribution < 1.29 is 19.1 Å². The Morgan fingerprint density at radius 1 is 1.09 bits per heavy atom. The van der Waals surface area contributed by atoms with E-state index in [1.165, 1.54) is 0 Å². The number of rotatable bonds is 8. The molecule has 1 atom stereocenters. The minimum absolute atomic E-state index is 0.0629. The second-order valence-corrected chi connectivity index (χ2v) is 9.44. The van der Waals surface area contributed by atoms with E-state index < -0.39 is 0 Å². The number of ether oxygens (including phenoxy) is 2. The lowest BCUT2D eigenvalue weighted by Gasteiger charge is -2.34. The summed E-state index contributed by atoms with van der Waals surface area (Å²) >= 11 is 6.01. The number of nitrogens with one attached hydrogen (secondary N) is 1. The number of benzene rings is 2. The van der Waals surface area contributed by atoms with Gasteiger partial charge in [-0.3, -0.25) is 9.59 Å². The Labute approximate surface area is 200 Å². The standard InChI is InChI=1S/C26H31ClN2O4/c1-32-21-6-8-22(9-7-21)33-23-12-16-29(17-13-23)25(31)11-15-26(14-10-24(30)28-26)18-19-2-4-20(27)5-3-19/h2-9,23H,10-18H2,1H3,(H,28,30). The Kier molecular flexibility index (Phi) is 7.43. The lowest BCUT2D eigenvalue weighted by Crippen LogP contribution is -2.46. The number of halogens is 1. The third-order valence-corrected chi connectivity index (χ3v) is 6.92. The minimum Gasteiger partial charge on any atom is -0.497 e. The van der Waals surface area contributed by atoms with Crippen LogP contribution >= 0.6 is 11.6 Å². The summed E-state index contributed by atoms with van der Waals surface area (Å²) in [6.45, 7) is 1.38. The lowest BCUT2D eigenvalue weighted by atomic mass is 9.85. The summed E-state index contributed by atoms with van der Waals surface area (Å²) in [5.41, 5.74) is 0.752. The predicted octanol–water partition coefficient (Wildman–Crippen LogP) is 4.39. The van der Waals surface area contributed by atoms with Gasteiger partial charge in [0.1, 0.15) is 17.6 Å². The third-order valence-electron chi connectivity index (χ3n) is 6.67. The molecule has 2 heterocycles. The Bertz CT molecular complexity index is 955. The van der Waals surface area contributed by atoms with Gasteiger partial charge < -0.3 is 19.7 Å². The molecule has 2 aliphatic heterocycles. The summed E-state index contributed by atoms with van der Waals surface area (Å²) in [5.74, 6) is 1.83. The molecular formula is C26H31ClN2O4. The average Bonchev–Trinajstić information content (AvgIpc) is 3.20. The molecule has 0 bridgehead atoms. The summed E-state index contributed by atoms with van der Waals surface area (Å²) in [5, 5.41) is 3.85. The molecule has 0 spiro atoms. The first-order chi connectivity index (χ1) is 15.9. The van der Waals surface area contributed by atoms with Crippen LogP contribution < -0.4 is 14.8 Å². The van der Waals surface area contributed by atoms with Crippen molar-refractivity contribution in [1.29, 1.82) is 0 Å². The largest absolute Gasteiger partial charge is 0.497 e. The summed E-state index contributed by atoms with van der Waals surface area (Å²) in [7, 11) is 1.64. The Balaban J connectivity index is 1.27. The summed E-state index contributed by atoms with van der Waals surface area (Å²) in [6, 6.07) is 15.3. The molecule has 2 aromatic carbocycles. The van der Waals surface area contributed by atoms with Crippen molar-refractivity contribution in [3.63, 3.8) is 0 Å². The predicted molar refractivity (Wildman–Crippen MR) is 128 cm³/mol. The normalized spacial score (nSPS) is 21.0.